The lowest BCUT2D eigenvalue weighted by Crippen LogP contribution is -2.55. The molecule has 0 unspecified atom stereocenters. The van der Waals surface area contributed by atoms with Crippen molar-refractivity contribution in [3.8, 4) is 10.6 Å². The van der Waals surface area contributed by atoms with Gasteiger partial charge >= 0.3 is 0 Å². The first-order valence-electron chi connectivity index (χ1n) is 16.0. The maximum atomic E-state index is 14.1. The van der Waals surface area contributed by atoms with Gasteiger partial charge in [0.2, 0.25) is 5.91 Å². The Hall–Kier alpha value is -4.41. The van der Waals surface area contributed by atoms with Crippen molar-refractivity contribution < 1.29 is 14.7 Å². The van der Waals surface area contributed by atoms with E-state index in [0.29, 0.717) is 63.5 Å². The number of aromatic nitrogens is 2. The summed E-state index contributed by atoms with van der Waals surface area (Å²) in [6, 6.07) is 23.9. The Balaban J connectivity index is 1.03. The Morgan fingerprint density at radius 2 is 1.70 bits per heavy atom. The molecule has 0 radical (unpaired) electrons. The Bertz CT molecular complexity index is 1840. The summed E-state index contributed by atoms with van der Waals surface area (Å²) < 4.78 is 0. The number of aliphatic hydroxyl groups is 1. The molecule has 0 saturated carbocycles. The van der Waals surface area contributed by atoms with Gasteiger partial charge in [0, 0.05) is 62.5 Å². The smallest absolute Gasteiger partial charge is 0.265 e. The molecule has 9 nitrogen and oxygen atoms in total. The van der Waals surface area contributed by atoms with Crippen molar-refractivity contribution in [2.24, 2.45) is 10.9 Å². The first-order chi connectivity index (χ1) is 22.4. The number of carbonyl (C=O) groups excluding carboxylic acids is 2. The van der Waals surface area contributed by atoms with Crippen molar-refractivity contribution in [3.63, 3.8) is 0 Å². The van der Waals surface area contributed by atoms with Gasteiger partial charge in [0.25, 0.3) is 5.91 Å². The van der Waals surface area contributed by atoms with Crippen LogP contribution in [0.4, 0.5) is 0 Å². The number of amides is 2. The summed E-state index contributed by atoms with van der Waals surface area (Å²) >= 11 is 1.43. The van der Waals surface area contributed by atoms with Crippen molar-refractivity contribution in [2.45, 2.75) is 37.7 Å². The quantitative estimate of drug-likeness (QED) is 0.349. The van der Waals surface area contributed by atoms with Gasteiger partial charge in [-0.2, -0.15) is 0 Å². The molecule has 2 saturated heterocycles. The van der Waals surface area contributed by atoms with Crippen LogP contribution in [-0.4, -0.2) is 86.6 Å². The molecule has 0 spiro atoms. The highest BCUT2D eigenvalue weighted by Crippen LogP contribution is 2.37. The van der Waals surface area contributed by atoms with Crippen LogP contribution in [0.5, 0.6) is 0 Å². The average molecular weight is 635 g/mol. The highest BCUT2D eigenvalue weighted by Gasteiger charge is 2.42. The van der Waals surface area contributed by atoms with E-state index in [1.807, 2.05) is 88.5 Å². The van der Waals surface area contributed by atoms with Gasteiger partial charge in [-0.1, -0.05) is 60.7 Å². The lowest BCUT2D eigenvalue weighted by atomic mass is 9.79. The highest BCUT2D eigenvalue weighted by atomic mass is 32.1. The summed E-state index contributed by atoms with van der Waals surface area (Å²) in [5.41, 5.74) is 1.90. The molecule has 2 atom stereocenters. The second kappa shape index (κ2) is 12.8. The van der Waals surface area contributed by atoms with Crippen molar-refractivity contribution in [2.75, 3.05) is 39.4 Å². The molecule has 1 N–H and O–H groups in total. The molecule has 4 aromatic rings. The number of likely N-dealkylation sites (tertiary alicyclic amines) is 2. The number of fused-ring (bicyclic) bond motifs is 1. The van der Waals surface area contributed by atoms with Gasteiger partial charge in [0.05, 0.1) is 16.7 Å². The van der Waals surface area contributed by atoms with E-state index in [4.69, 9.17) is 4.98 Å². The fourth-order valence-corrected chi connectivity index (χ4v) is 7.98. The first kappa shape index (κ1) is 30.3. The zero-order valence-electron chi connectivity index (χ0n) is 26.0. The standard InChI is InChI=1S/C36H38N6O3S/c1-25-32(46-33(39-25)27-11-6-3-7-12-27)35(44)42-18-14-28(29(21-42)26-9-4-2-5-10-26)34(43)41-19-15-36(45,16-20-41)23-40-22-31-30(38-24-40)13-8-17-37-31/h2-13,17,22,28-29,45H,14-16,18-21,23-24H2,1H3/t28-,29+/m1/s1. The molecular formula is C36H38N6O3S. The third-order valence-electron chi connectivity index (χ3n) is 9.50. The van der Waals surface area contributed by atoms with E-state index in [1.165, 1.54) is 11.3 Å². The van der Waals surface area contributed by atoms with Crippen LogP contribution in [0, 0.1) is 12.8 Å². The summed E-state index contributed by atoms with van der Waals surface area (Å²) in [6.07, 6.45) is 5.30. The van der Waals surface area contributed by atoms with Crippen LogP contribution in [0.25, 0.3) is 16.8 Å². The number of β-amino-alcohol motifs (C(OH)–C–C–N with tert-alkyl or cyclic N) is 1. The van der Waals surface area contributed by atoms with Crippen molar-refractivity contribution in [1.29, 1.82) is 0 Å². The third-order valence-corrected chi connectivity index (χ3v) is 10.7. The summed E-state index contributed by atoms with van der Waals surface area (Å²) in [6.45, 7) is 4.80. The van der Waals surface area contributed by atoms with Gasteiger partial charge in [0.1, 0.15) is 21.9 Å². The number of thiazole rings is 1. The summed E-state index contributed by atoms with van der Waals surface area (Å²) in [5.74, 6) is -0.268. The highest BCUT2D eigenvalue weighted by molar-refractivity contribution is 7.17. The molecule has 2 amide bonds. The number of pyridine rings is 1. The van der Waals surface area contributed by atoms with Crippen LogP contribution in [-0.2, 0) is 4.79 Å². The molecule has 2 aromatic carbocycles. The first-order valence-corrected chi connectivity index (χ1v) is 16.8. The van der Waals surface area contributed by atoms with E-state index in [1.54, 1.807) is 6.20 Å². The number of hydrogen-bond donors (Lipinski definition) is 1. The van der Waals surface area contributed by atoms with Crippen molar-refractivity contribution in [1.82, 2.24) is 24.7 Å². The van der Waals surface area contributed by atoms with Crippen LogP contribution < -0.4 is 10.7 Å². The topological polar surface area (TPSA) is 102 Å². The van der Waals surface area contributed by atoms with Gasteiger partial charge in [0.15, 0.2) is 0 Å². The Morgan fingerprint density at radius 3 is 2.46 bits per heavy atom. The average Bonchev–Trinajstić information content (AvgIpc) is 3.49. The number of carbonyl (C=O) groups is 2. The normalized spacial score (nSPS) is 20.8. The van der Waals surface area contributed by atoms with Crippen LogP contribution in [0.1, 0.15) is 46.1 Å². The number of rotatable bonds is 6. The minimum atomic E-state index is -0.908. The number of aryl methyl sites for hydroxylation is 1. The van der Waals surface area contributed by atoms with E-state index in [0.717, 1.165) is 32.5 Å². The molecule has 10 heteroatoms. The molecule has 2 aromatic heterocycles. The van der Waals surface area contributed by atoms with Gasteiger partial charge in [-0.15, -0.1) is 11.3 Å². The van der Waals surface area contributed by atoms with E-state index in [2.05, 4.69) is 22.1 Å². The Kier molecular flexibility index (Phi) is 8.40. The number of nitrogens with zero attached hydrogens (tertiary/aromatic N) is 6. The predicted molar refractivity (Wildman–Crippen MR) is 177 cm³/mol. The Labute approximate surface area is 272 Å². The number of hydrogen-bond acceptors (Lipinski definition) is 8. The molecule has 46 heavy (non-hydrogen) atoms. The van der Waals surface area contributed by atoms with Crippen LogP contribution in [0.2, 0.25) is 0 Å². The van der Waals surface area contributed by atoms with E-state index in [-0.39, 0.29) is 23.7 Å². The van der Waals surface area contributed by atoms with E-state index in [9.17, 15) is 14.7 Å². The van der Waals surface area contributed by atoms with Gasteiger partial charge in [-0.3, -0.25) is 19.6 Å². The van der Waals surface area contributed by atoms with Crippen LogP contribution in [0.3, 0.4) is 0 Å². The summed E-state index contributed by atoms with van der Waals surface area (Å²) in [7, 11) is 0. The van der Waals surface area contributed by atoms with Crippen molar-refractivity contribution in [3.05, 3.63) is 106 Å². The summed E-state index contributed by atoms with van der Waals surface area (Å²) in [5, 5.41) is 14.0. The number of benzene rings is 2. The molecule has 5 heterocycles. The van der Waals surface area contributed by atoms with Crippen molar-refractivity contribution >= 4 is 29.4 Å². The third kappa shape index (κ3) is 6.19. The number of piperidine rings is 2. The molecular weight excluding hydrogens is 597 g/mol. The molecule has 0 bridgehead atoms. The molecule has 3 aliphatic rings. The Morgan fingerprint density at radius 1 is 0.957 bits per heavy atom. The maximum absolute atomic E-state index is 14.1. The van der Waals surface area contributed by atoms with E-state index < -0.39 is 5.60 Å². The molecule has 2 fully saturated rings. The second-order valence-electron chi connectivity index (χ2n) is 12.6. The van der Waals surface area contributed by atoms with Crippen LogP contribution >= 0.6 is 11.3 Å². The zero-order chi connectivity index (χ0) is 31.7. The summed E-state index contributed by atoms with van der Waals surface area (Å²) in [4.78, 5) is 48.2. The fraction of sp³-hybridized carbons (Fsp3) is 0.361. The second-order valence-corrected chi connectivity index (χ2v) is 13.6. The van der Waals surface area contributed by atoms with E-state index >= 15 is 0 Å². The SMILES string of the molecule is Cc1nc(-c2ccccc2)sc1C(=O)N1CC[C@@H](C(=O)N2CCC(O)(CN3C=c4ncccc4=NC3)CC2)[C@H](c2ccccc2)C1. The lowest BCUT2D eigenvalue weighted by Gasteiger charge is -2.44. The van der Waals surface area contributed by atoms with Gasteiger partial charge < -0.3 is 19.8 Å². The maximum Gasteiger partial charge on any atom is 0.265 e. The molecule has 236 valence electrons. The monoisotopic (exact) mass is 634 g/mol. The zero-order valence-corrected chi connectivity index (χ0v) is 26.8. The van der Waals surface area contributed by atoms with Crippen LogP contribution in [0.15, 0.2) is 84.0 Å². The lowest BCUT2D eigenvalue weighted by molar-refractivity contribution is -0.142. The minimum Gasteiger partial charge on any atom is -0.388 e. The predicted octanol–water partition coefficient (Wildman–Crippen LogP) is 3.44. The minimum absolute atomic E-state index is 0.0221. The fourth-order valence-electron chi connectivity index (χ4n) is 6.95. The molecule has 7 rings (SSSR count). The van der Waals surface area contributed by atoms with Gasteiger partial charge in [-0.25, -0.2) is 4.98 Å². The largest absolute Gasteiger partial charge is 0.388 e. The molecule has 3 aliphatic heterocycles. The van der Waals surface area contributed by atoms with Gasteiger partial charge in [-0.05, 0) is 43.9 Å². The molecule has 0 aliphatic carbocycles.